The van der Waals surface area contributed by atoms with Crippen LogP contribution < -0.4 is 11.1 Å². The summed E-state index contributed by atoms with van der Waals surface area (Å²) in [7, 11) is 0. The van der Waals surface area contributed by atoms with Gasteiger partial charge in [-0.15, -0.1) is 0 Å². The Morgan fingerprint density at radius 3 is 2.65 bits per heavy atom. The van der Waals surface area contributed by atoms with Gasteiger partial charge in [0.1, 0.15) is 6.04 Å². The second-order valence-corrected chi connectivity index (χ2v) is 4.55. The Kier molecular flexibility index (Phi) is 4.02. The van der Waals surface area contributed by atoms with E-state index < -0.39 is 11.9 Å². The van der Waals surface area contributed by atoms with E-state index in [4.69, 9.17) is 11.0 Å². The van der Waals surface area contributed by atoms with E-state index in [1.807, 2.05) is 31.2 Å². The maximum absolute atomic E-state index is 11.7. The number of aryl methyl sites for hydroxylation is 1. The number of nitrogens with two attached hydrogens (primary N) is 1. The highest BCUT2D eigenvalue weighted by atomic mass is 16.1. The Bertz CT molecular complexity index is 673. The Balaban J connectivity index is 2.38. The lowest BCUT2D eigenvalue weighted by atomic mass is 10.00. The SMILES string of the molecule is Cc1cccc(NC(C(N)=O)c2ccccc2C#N)c1. The molecule has 4 heteroatoms. The highest BCUT2D eigenvalue weighted by Gasteiger charge is 2.20. The van der Waals surface area contributed by atoms with Gasteiger partial charge >= 0.3 is 0 Å². The number of hydrogen-bond donors (Lipinski definition) is 2. The first-order valence-corrected chi connectivity index (χ1v) is 6.23. The fourth-order valence-corrected chi connectivity index (χ4v) is 2.05. The van der Waals surface area contributed by atoms with Crippen molar-refractivity contribution in [3.8, 4) is 6.07 Å². The van der Waals surface area contributed by atoms with Crippen molar-refractivity contribution in [2.75, 3.05) is 5.32 Å². The number of carbonyl (C=O) groups excluding carboxylic acids is 1. The molecule has 1 unspecified atom stereocenters. The van der Waals surface area contributed by atoms with Gasteiger partial charge in [-0.2, -0.15) is 5.26 Å². The van der Waals surface area contributed by atoms with E-state index in [1.54, 1.807) is 24.3 Å². The predicted octanol–water partition coefficient (Wildman–Crippen LogP) is 2.51. The molecule has 0 spiro atoms. The zero-order valence-corrected chi connectivity index (χ0v) is 11.1. The monoisotopic (exact) mass is 265 g/mol. The molecule has 0 bridgehead atoms. The maximum atomic E-state index is 11.7. The molecule has 0 aromatic heterocycles. The van der Waals surface area contributed by atoms with Gasteiger partial charge in [-0.25, -0.2) is 0 Å². The summed E-state index contributed by atoms with van der Waals surface area (Å²) in [5, 5.41) is 12.2. The number of amides is 1. The van der Waals surface area contributed by atoms with E-state index in [9.17, 15) is 4.79 Å². The molecule has 0 fully saturated rings. The van der Waals surface area contributed by atoms with Crippen LogP contribution in [0.4, 0.5) is 5.69 Å². The van der Waals surface area contributed by atoms with Crippen LogP contribution in [0.25, 0.3) is 0 Å². The number of nitrogens with one attached hydrogen (secondary N) is 1. The first kappa shape index (κ1) is 13.6. The molecule has 2 rings (SSSR count). The smallest absolute Gasteiger partial charge is 0.244 e. The minimum absolute atomic E-state index is 0.441. The van der Waals surface area contributed by atoms with Crippen molar-refractivity contribution in [2.45, 2.75) is 13.0 Å². The molecule has 2 aromatic carbocycles. The van der Waals surface area contributed by atoms with Crippen molar-refractivity contribution in [3.63, 3.8) is 0 Å². The van der Waals surface area contributed by atoms with E-state index in [-0.39, 0.29) is 0 Å². The summed E-state index contributed by atoms with van der Waals surface area (Å²) in [5.41, 5.74) is 8.36. The standard InChI is InChI=1S/C16H15N3O/c1-11-5-4-7-13(9-11)19-15(16(18)20)14-8-3-2-6-12(14)10-17/h2-9,15,19H,1H3,(H2,18,20). The summed E-state index contributed by atoms with van der Waals surface area (Å²) in [6.07, 6.45) is 0. The fourth-order valence-electron chi connectivity index (χ4n) is 2.05. The Labute approximate surface area is 117 Å². The number of nitrogens with zero attached hydrogens (tertiary/aromatic N) is 1. The maximum Gasteiger partial charge on any atom is 0.244 e. The second kappa shape index (κ2) is 5.89. The first-order chi connectivity index (χ1) is 9.61. The normalized spacial score (nSPS) is 11.4. The van der Waals surface area contributed by atoms with Crippen LogP contribution in [0.15, 0.2) is 48.5 Å². The van der Waals surface area contributed by atoms with Crippen molar-refractivity contribution in [3.05, 3.63) is 65.2 Å². The average molecular weight is 265 g/mol. The minimum Gasteiger partial charge on any atom is -0.370 e. The van der Waals surface area contributed by atoms with E-state index in [0.717, 1.165) is 11.3 Å². The molecule has 0 saturated heterocycles. The molecule has 0 heterocycles. The van der Waals surface area contributed by atoms with Crippen molar-refractivity contribution >= 4 is 11.6 Å². The average Bonchev–Trinajstić information content (AvgIpc) is 2.44. The number of carbonyl (C=O) groups is 1. The molecule has 1 atom stereocenters. The highest BCUT2D eigenvalue weighted by molar-refractivity contribution is 5.85. The zero-order valence-electron chi connectivity index (χ0n) is 11.1. The lowest BCUT2D eigenvalue weighted by molar-refractivity contribution is -0.118. The lowest BCUT2D eigenvalue weighted by Crippen LogP contribution is -2.28. The quantitative estimate of drug-likeness (QED) is 0.891. The molecule has 1 amide bonds. The Morgan fingerprint density at radius 1 is 1.25 bits per heavy atom. The predicted molar refractivity (Wildman–Crippen MR) is 77.9 cm³/mol. The highest BCUT2D eigenvalue weighted by Crippen LogP contribution is 2.22. The van der Waals surface area contributed by atoms with Crippen molar-refractivity contribution in [1.29, 1.82) is 5.26 Å². The number of primary amides is 1. The van der Waals surface area contributed by atoms with Crippen molar-refractivity contribution in [2.24, 2.45) is 5.73 Å². The van der Waals surface area contributed by atoms with Crippen LogP contribution in [0.3, 0.4) is 0 Å². The molecule has 0 radical (unpaired) electrons. The molecule has 20 heavy (non-hydrogen) atoms. The van der Waals surface area contributed by atoms with Crippen LogP contribution >= 0.6 is 0 Å². The number of benzene rings is 2. The topological polar surface area (TPSA) is 78.9 Å². The van der Waals surface area contributed by atoms with Crippen molar-refractivity contribution in [1.82, 2.24) is 0 Å². The summed E-state index contributed by atoms with van der Waals surface area (Å²) < 4.78 is 0. The second-order valence-electron chi connectivity index (χ2n) is 4.55. The van der Waals surface area contributed by atoms with Crippen molar-refractivity contribution < 1.29 is 4.79 Å². The summed E-state index contributed by atoms with van der Waals surface area (Å²) >= 11 is 0. The fraction of sp³-hybridized carbons (Fsp3) is 0.125. The Morgan fingerprint density at radius 2 is 2.00 bits per heavy atom. The van der Waals surface area contributed by atoms with E-state index >= 15 is 0 Å². The molecule has 0 aliphatic carbocycles. The molecule has 0 aliphatic rings. The van der Waals surface area contributed by atoms with Crippen LogP contribution in [-0.2, 0) is 4.79 Å². The largest absolute Gasteiger partial charge is 0.370 e. The van der Waals surface area contributed by atoms with E-state index in [0.29, 0.717) is 11.1 Å². The number of rotatable bonds is 4. The van der Waals surface area contributed by atoms with E-state index in [2.05, 4.69) is 11.4 Å². The van der Waals surface area contributed by atoms with Gasteiger partial charge in [-0.05, 0) is 30.7 Å². The molecular weight excluding hydrogens is 250 g/mol. The van der Waals surface area contributed by atoms with Gasteiger partial charge in [0.25, 0.3) is 0 Å². The molecule has 3 N–H and O–H groups in total. The van der Waals surface area contributed by atoms with Gasteiger partial charge in [0.15, 0.2) is 0 Å². The number of anilines is 1. The van der Waals surface area contributed by atoms with Crippen LogP contribution in [0.2, 0.25) is 0 Å². The third-order valence-corrected chi connectivity index (χ3v) is 3.01. The molecule has 2 aromatic rings. The first-order valence-electron chi connectivity index (χ1n) is 6.23. The third-order valence-electron chi connectivity index (χ3n) is 3.01. The van der Waals surface area contributed by atoms with Gasteiger partial charge in [0, 0.05) is 11.3 Å². The van der Waals surface area contributed by atoms with Crippen LogP contribution in [0, 0.1) is 18.3 Å². The summed E-state index contributed by atoms with van der Waals surface area (Å²) in [5.74, 6) is -0.519. The van der Waals surface area contributed by atoms with Gasteiger partial charge in [0.05, 0.1) is 11.6 Å². The van der Waals surface area contributed by atoms with Gasteiger partial charge in [0.2, 0.25) is 5.91 Å². The van der Waals surface area contributed by atoms with Crippen LogP contribution in [0.1, 0.15) is 22.7 Å². The summed E-state index contributed by atoms with van der Waals surface area (Å²) in [4.78, 5) is 11.7. The van der Waals surface area contributed by atoms with Crippen LogP contribution in [-0.4, -0.2) is 5.91 Å². The zero-order chi connectivity index (χ0) is 14.5. The molecule has 0 saturated carbocycles. The molecule has 4 nitrogen and oxygen atoms in total. The lowest BCUT2D eigenvalue weighted by Gasteiger charge is -2.18. The van der Waals surface area contributed by atoms with Gasteiger partial charge in [-0.3, -0.25) is 4.79 Å². The molecular formula is C16H15N3O. The summed E-state index contributed by atoms with van der Waals surface area (Å²) in [6.45, 7) is 1.97. The van der Waals surface area contributed by atoms with Crippen LogP contribution in [0.5, 0.6) is 0 Å². The summed E-state index contributed by atoms with van der Waals surface area (Å²) in [6, 6.07) is 15.9. The van der Waals surface area contributed by atoms with Gasteiger partial charge in [-0.1, -0.05) is 30.3 Å². The minimum atomic E-state index is -0.729. The molecule has 0 aliphatic heterocycles. The Hall–Kier alpha value is -2.80. The number of hydrogen-bond acceptors (Lipinski definition) is 3. The third kappa shape index (κ3) is 2.96. The van der Waals surface area contributed by atoms with Gasteiger partial charge < -0.3 is 11.1 Å². The number of nitriles is 1. The molecule has 100 valence electrons. The van der Waals surface area contributed by atoms with E-state index in [1.165, 1.54) is 0 Å².